The third kappa shape index (κ3) is 4.93. The van der Waals surface area contributed by atoms with E-state index >= 15 is 0 Å². The molecule has 0 saturated carbocycles. The lowest BCUT2D eigenvalue weighted by molar-refractivity contribution is -0.149. The van der Waals surface area contributed by atoms with Crippen molar-refractivity contribution in [2.24, 2.45) is 5.92 Å². The second-order valence-corrected chi connectivity index (χ2v) is 6.09. The highest BCUT2D eigenvalue weighted by Crippen LogP contribution is 2.19. The summed E-state index contributed by atoms with van der Waals surface area (Å²) in [5, 5.41) is 0. The van der Waals surface area contributed by atoms with E-state index < -0.39 is 0 Å². The number of hydrogen-bond acceptors (Lipinski definition) is 3. The van der Waals surface area contributed by atoms with Gasteiger partial charge in [-0.25, -0.2) is 0 Å². The van der Waals surface area contributed by atoms with Crippen LogP contribution in [0.4, 0.5) is 0 Å². The zero-order valence-corrected chi connectivity index (χ0v) is 14.1. The molecule has 0 spiro atoms. The first-order valence-electron chi connectivity index (χ1n) is 8.01. The molecule has 0 amide bonds. The number of ether oxygens (including phenoxy) is 1. The SMILES string of the molecule is COC(=O)[C@@H](C(C)C)N(Cc1ccccc1)Cc1ccccc1. The number of rotatable bonds is 7. The van der Waals surface area contributed by atoms with E-state index in [2.05, 4.69) is 43.0 Å². The highest BCUT2D eigenvalue weighted by Gasteiger charge is 2.30. The van der Waals surface area contributed by atoms with Crippen LogP contribution in [0.1, 0.15) is 25.0 Å². The first-order chi connectivity index (χ1) is 11.1. The summed E-state index contributed by atoms with van der Waals surface area (Å²) >= 11 is 0. The van der Waals surface area contributed by atoms with Gasteiger partial charge in [0.05, 0.1) is 7.11 Å². The molecule has 0 unspecified atom stereocenters. The van der Waals surface area contributed by atoms with Crippen molar-refractivity contribution < 1.29 is 9.53 Å². The van der Waals surface area contributed by atoms with Gasteiger partial charge in [-0.15, -0.1) is 0 Å². The second-order valence-electron chi connectivity index (χ2n) is 6.09. The largest absolute Gasteiger partial charge is 0.468 e. The van der Waals surface area contributed by atoms with Crippen LogP contribution in [0, 0.1) is 5.92 Å². The number of carbonyl (C=O) groups is 1. The van der Waals surface area contributed by atoms with Crippen molar-refractivity contribution in [1.82, 2.24) is 4.90 Å². The van der Waals surface area contributed by atoms with Crippen LogP contribution in [0.3, 0.4) is 0 Å². The molecule has 2 aromatic rings. The van der Waals surface area contributed by atoms with Crippen LogP contribution < -0.4 is 0 Å². The Hall–Kier alpha value is -2.13. The first kappa shape index (κ1) is 17.2. The molecule has 0 aliphatic rings. The quantitative estimate of drug-likeness (QED) is 0.727. The van der Waals surface area contributed by atoms with Crippen LogP contribution in [-0.2, 0) is 22.6 Å². The van der Waals surface area contributed by atoms with Crippen LogP contribution in [0.5, 0.6) is 0 Å². The van der Waals surface area contributed by atoms with E-state index in [-0.39, 0.29) is 17.9 Å². The van der Waals surface area contributed by atoms with Crippen LogP contribution in [0.25, 0.3) is 0 Å². The Morgan fingerprint density at radius 2 is 1.35 bits per heavy atom. The van der Waals surface area contributed by atoms with Gasteiger partial charge in [-0.05, 0) is 17.0 Å². The molecule has 23 heavy (non-hydrogen) atoms. The number of methoxy groups -OCH3 is 1. The molecule has 0 N–H and O–H groups in total. The Labute approximate surface area is 138 Å². The number of hydrogen-bond donors (Lipinski definition) is 0. The Morgan fingerprint density at radius 3 is 1.70 bits per heavy atom. The second kappa shape index (κ2) is 8.49. The lowest BCUT2D eigenvalue weighted by Crippen LogP contribution is -2.44. The number of esters is 1. The van der Waals surface area contributed by atoms with Crippen molar-refractivity contribution in [1.29, 1.82) is 0 Å². The third-order valence-corrected chi connectivity index (χ3v) is 3.92. The summed E-state index contributed by atoms with van der Waals surface area (Å²) in [6.45, 7) is 5.55. The van der Waals surface area contributed by atoms with Crippen molar-refractivity contribution in [3.63, 3.8) is 0 Å². The van der Waals surface area contributed by atoms with E-state index in [0.29, 0.717) is 13.1 Å². The number of benzene rings is 2. The first-order valence-corrected chi connectivity index (χ1v) is 8.01. The molecular formula is C20H25NO2. The molecule has 2 aromatic carbocycles. The summed E-state index contributed by atoms with van der Waals surface area (Å²) in [4.78, 5) is 14.5. The monoisotopic (exact) mass is 311 g/mol. The highest BCUT2D eigenvalue weighted by molar-refractivity contribution is 5.76. The molecule has 0 bridgehead atoms. The molecule has 0 saturated heterocycles. The zero-order valence-electron chi connectivity index (χ0n) is 14.1. The van der Waals surface area contributed by atoms with Gasteiger partial charge in [-0.2, -0.15) is 0 Å². The van der Waals surface area contributed by atoms with Gasteiger partial charge in [0.15, 0.2) is 0 Å². The molecular weight excluding hydrogens is 286 g/mol. The minimum atomic E-state index is -0.264. The molecule has 0 aromatic heterocycles. The van der Waals surface area contributed by atoms with E-state index in [9.17, 15) is 4.79 Å². The molecule has 122 valence electrons. The van der Waals surface area contributed by atoms with E-state index in [4.69, 9.17) is 4.74 Å². The minimum Gasteiger partial charge on any atom is -0.468 e. The lowest BCUT2D eigenvalue weighted by atomic mass is 10.0. The Bertz CT molecular complexity index is 554. The Morgan fingerprint density at radius 1 is 0.913 bits per heavy atom. The van der Waals surface area contributed by atoms with Crippen LogP contribution in [0.15, 0.2) is 60.7 Å². The molecule has 1 atom stereocenters. The summed E-state index contributed by atoms with van der Waals surface area (Å²) in [6.07, 6.45) is 0. The molecule has 0 fully saturated rings. The van der Waals surface area contributed by atoms with Gasteiger partial charge in [0.1, 0.15) is 6.04 Å². The average Bonchev–Trinajstić information content (AvgIpc) is 2.56. The smallest absolute Gasteiger partial charge is 0.323 e. The maximum atomic E-state index is 12.3. The van der Waals surface area contributed by atoms with Gasteiger partial charge in [-0.3, -0.25) is 9.69 Å². The van der Waals surface area contributed by atoms with Gasteiger partial charge in [-0.1, -0.05) is 74.5 Å². The van der Waals surface area contributed by atoms with Gasteiger partial charge >= 0.3 is 5.97 Å². The van der Waals surface area contributed by atoms with Crippen molar-refractivity contribution in [3.8, 4) is 0 Å². The zero-order chi connectivity index (χ0) is 16.7. The third-order valence-electron chi connectivity index (χ3n) is 3.92. The van der Waals surface area contributed by atoms with E-state index in [1.807, 2.05) is 36.4 Å². The highest BCUT2D eigenvalue weighted by atomic mass is 16.5. The molecule has 3 heteroatoms. The van der Waals surface area contributed by atoms with Gasteiger partial charge in [0.2, 0.25) is 0 Å². The normalized spacial score (nSPS) is 12.4. The summed E-state index contributed by atoms with van der Waals surface area (Å²) in [7, 11) is 1.46. The van der Waals surface area contributed by atoms with Crippen LogP contribution >= 0.6 is 0 Å². The van der Waals surface area contributed by atoms with E-state index in [0.717, 1.165) is 0 Å². The van der Waals surface area contributed by atoms with E-state index in [1.54, 1.807) is 0 Å². The molecule has 0 radical (unpaired) electrons. The fraction of sp³-hybridized carbons (Fsp3) is 0.350. The lowest BCUT2D eigenvalue weighted by Gasteiger charge is -2.32. The van der Waals surface area contributed by atoms with Gasteiger partial charge in [0, 0.05) is 13.1 Å². The van der Waals surface area contributed by atoms with Gasteiger partial charge < -0.3 is 4.74 Å². The predicted octanol–water partition coefficient (Wildman–Crippen LogP) is 3.89. The predicted molar refractivity (Wildman–Crippen MR) is 92.8 cm³/mol. The summed E-state index contributed by atoms with van der Waals surface area (Å²) in [5.74, 6) is 0.00161. The Balaban J connectivity index is 2.27. The standard InChI is InChI=1S/C20H25NO2/c1-16(2)19(20(22)23-3)21(14-17-10-6-4-7-11-17)15-18-12-8-5-9-13-18/h4-13,16,19H,14-15H2,1-3H3/t19-/m1/s1. The summed E-state index contributed by atoms with van der Waals surface area (Å²) < 4.78 is 5.05. The molecule has 3 nitrogen and oxygen atoms in total. The Kier molecular flexibility index (Phi) is 6.36. The van der Waals surface area contributed by atoms with Crippen molar-refractivity contribution in [3.05, 3.63) is 71.8 Å². The minimum absolute atomic E-state index is 0.174. The van der Waals surface area contributed by atoms with Crippen LogP contribution in [-0.4, -0.2) is 24.0 Å². The molecule has 0 aliphatic heterocycles. The maximum absolute atomic E-state index is 12.3. The number of carbonyl (C=O) groups excluding carboxylic acids is 1. The molecule has 0 heterocycles. The number of nitrogens with zero attached hydrogens (tertiary/aromatic N) is 1. The fourth-order valence-corrected chi connectivity index (χ4v) is 2.85. The van der Waals surface area contributed by atoms with Gasteiger partial charge in [0.25, 0.3) is 0 Å². The van der Waals surface area contributed by atoms with Crippen LogP contribution in [0.2, 0.25) is 0 Å². The van der Waals surface area contributed by atoms with Crippen molar-refractivity contribution >= 4 is 5.97 Å². The fourth-order valence-electron chi connectivity index (χ4n) is 2.85. The van der Waals surface area contributed by atoms with Crippen molar-refractivity contribution in [2.45, 2.75) is 33.0 Å². The topological polar surface area (TPSA) is 29.5 Å². The van der Waals surface area contributed by atoms with E-state index in [1.165, 1.54) is 18.2 Å². The molecule has 2 rings (SSSR count). The average molecular weight is 311 g/mol. The maximum Gasteiger partial charge on any atom is 0.323 e. The molecule has 0 aliphatic carbocycles. The van der Waals surface area contributed by atoms with Crippen molar-refractivity contribution in [2.75, 3.05) is 7.11 Å². The summed E-state index contributed by atoms with van der Waals surface area (Å²) in [5.41, 5.74) is 2.39. The summed E-state index contributed by atoms with van der Waals surface area (Å²) in [6, 6.07) is 20.2.